The van der Waals surface area contributed by atoms with E-state index in [1.54, 1.807) is 5.56 Å². The third-order valence-corrected chi connectivity index (χ3v) is 7.78. The number of nitrogens with zero attached hydrogens (tertiary/aromatic N) is 3. The Morgan fingerprint density at radius 1 is 1.17 bits per heavy atom. The summed E-state index contributed by atoms with van der Waals surface area (Å²) >= 11 is 2.08. The largest absolute Gasteiger partial charge is 0.370 e. The second kappa shape index (κ2) is 8.66. The molecule has 1 aliphatic carbocycles. The summed E-state index contributed by atoms with van der Waals surface area (Å²) in [6, 6.07) is 12.2. The number of hydrogen-bond acceptors (Lipinski definition) is 5. The van der Waals surface area contributed by atoms with Gasteiger partial charge in [-0.1, -0.05) is 18.2 Å². The molecule has 2 aliphatic heterocycles. The van der Waals surface area contributed by atoms with E-state index in [-0.39, 0.29) is 0 Å². The second-order valence-corrected chi connectivity index (χ2v) is 9.92. The van der Waals surface area contributed by atoms with Crippen molar-refractivity contribution in [1.29, 1.82) is 0 Å². The third kappa shape index (κ3) is 4.05. The quantitative estimate of drug-likeness (QED) is 0.835. The van der Waals surface area contributed by atoms with E-state index in [1.165, 1.54) is 66.4 Å². The SMILES string of the molecule is CN(C[C@@H]1Cc2c(cccc2N2CCSCC2)CN1)[C@H]1CCCc2cccnc21. The summed E-state index contributed by atoms with van der Waals surface area (Å²) < 4.78 is 0. The number of benzene rings is 1. The van der Waals surface area contributed by atoms with Crippen molar-refractivity contribution in [1.82, 2.24) is 15.2 Å². The molecule has 2 aromatic rings. The molecule has 29 heavy (non-hydrogen) atoms. The maximum Gasteiger partial charge on any atom is 0.0607 e. The predicted octanol–water partition coefficient (Wildman–Crippen LogP) is 3.66. The van der Waals surface area contributed by atoms with Gasteiger partial charge in [0, 0.05) is 55.6 Å². The summed E-state index contributed by atoms with van der Waals surface area (Å²) in [5, 5.41) is 3.81. The van der Waals surface area contributed by atoms with Gasteiger partial charge >= 0.3 is 0 Å². The monoisotopic (exact) mass is 408 g/mol. The minimum atomic E-state index is 0.456. The average Bonchev–Trinajstić information content (AvgIpc) is 2.79. The molecule has 1 N–H and O–H groups in total. The van der Waals surface area contributed by atoms with Crippen molar-refractivity contribution in [3.8, 4) is 0 Å². The number of likely N-dealkylation sites (N-methyl/N-ethyl adjacent to an activating group) is 1. The predicted molar refractivity (Wildman–Crippen MR) is 123 cm³/mol. The molecule has 3 aliphatic rings. The van der Waals surface area contributed by atoms with Crippen LogP contribution < -0.4 is 10.2 Å². The number of nitrogens with one attached hydrogen (secondary N) is 1. The van der Waals surface area contributed by atoms with E-state index in [2.05, 4.69) is 64.3 Å². The van der Waals surface area contributed by atoms with E-state index in [9.17, 15) is 0 Å². The summed E-state index contributed by atoms with van der Waals surface area (Å²) in [6.07, 6.45) is 6.76. The van der Waals surface area contributed by atoms with Crippen molar-refractivity contribution in [3.05, 3.63) is 58.9 Å². The molecule has 1 aromatic heterocycles. The van der Waals surface area contributed by atoms with Crippen LogP contribution in [0.2, 0.25) is 0 Å². The molecule has 1 saturated heterocycles. The maximum absolute atomic E-state index is 4.76. The van der Waals surface area contributed by atoms with Gasteiger partial charge in [-0.15, -0.1) is 0 Å². The van der Waals surface area contributed by atoms with Gasteiger partial charge in [0.25, 0.3) is 0 Å². The summed E-state index contributed by atoms with van der Waals surface area (Å²) in [7, 11) is 2.29. The fourth-order valence-electron chi connectivity index (χ4n) is 5.31. The van der Waals surface area contributed by atoms with E-state index in [1.807, 2.05) is 6.20 Å². The minimum Gasteiger partial charge on any atom is -0.370 e. The Bertz CT molecular complexity index is 849. The number of fused-ring (bicyclic) bond motifs is 2. The Kier molecular flexibility index (Phi) is 5.80. The van der Waals surface area contributed by atoms with E-state index in [0.29, 0.717) is 12.1 Å². The molecule has 0 radical (unpaired) electrons. The Hall–Kier alpha value is -1.56. The maximum atomic E-state index is 4.76. The molecule has 154 valence electrons. The highest BCUT2D eigenvalue weighted by Crippen LogP contribution is 2.33. The van der Waals surface area contributed by atoms with Crippen LogP contribution in [0.1, 0.15) is 41.3 Å². The van der Waals surface area contributed by atoms with Gasteiger partial charge < -0.3 is 10.2 Å². The highest BCUT2D eigenvalue weighted by Gasteiger charge is 2.29. The van der Waals surface area contributed by atoms with Crippen LogP contribution >= 0.6 is 11.8 Å². The molecule has 0 unspecified atom stereocenters. The zero-order valence-electron chi connectivity index (χ0n) is 17.4. The number of thioether (sulfide) groups is 1. The zero-order valence-corrected chi connectivity index (χ0v) is 18.3. The number of pyridine rings is 1. The van der Waals surface area contributed by atoms with Crippen molar-refractivity contribution in [2.75, 3.05) is 43.1 Å². The van der Waals surface area contributed by atoms with Gasteiger partial charge in [0.1, 0.15) is 0 Å². The van der Waals surface area contributed by atoms with Crippen LogP contribution in [-0.4, -0.2) is 54.1 Å². The second-order valence-electron chi connectivity index (χ2n) is 8.69. The summed E-state index contributed by atoms with van der Waals surface area (Å²) in [5.41, 5.74) is 7.32. The lowest BCUT2D eigenvalue weighted by Gasteiger charge is -2.38. The van der Waals surface area contributed by atoms with Gasteiger partial charge in [-0.3, -0.25) is 9.88 Å². The molecule has 1 fully saturated rings. The van der Waals surface area contributed by atoms with Crippen LogP contribution in [0.15, 0.2) is 36.5 Å². The molecule has 4 nitrogen and oxygen atoms in total. The van der Waals surface area contributed by atoms with Crippen molar-refractivity contribution < 1.29 is 0 Å². The Balaban J connectivity index is 1.31. The summed E-state index contributed by atoms with van der Waals surface area (Å²) in [6.45, 7) is 4.43. The molecule has 2 atom stereocenters. The Labute approximate surface area is 179 Å². The fraction of sp³-hybridized carbons (Fsp3) is 0.542. The number of anilines is 1. The lowest BCUT2D eigenvalue weighted by Crippen LogP contribution is -2.45. The summed E-state index contributed by atoms with van der Waals surface area (Å²) in [4.78, 5) is 9.92. The first-order valence-electron chi connectivity index (χ1n) is 11.1. The van der Waals surface area contributed by atoms with Crippen molar-refractivity contribution in [3.63, 3.8) is 0 Å². The van der Waals surface area contributed by atoms with Crippen molar-refractivity contribution >= 4 is 17.4 Å². The van der Waals surface area contributed by atoms with E-state index < -0.39 is 0 Å². The number of aromatic nitrogens is 1. The standard InChI is InChI=1S/C24H32N4S/c1-27(23-9-2-5-18-7-4-10-25-24(18)23)17-20-15-21-19(16-26-20)6-3-8-22(21)28-11-13-29-14-12-28/h3-4,6-8,10,20,23,26H,2,5,9,11-17H2,1H3/t20-,23-/m0/s1. The van der Waals surface area contributed by atoms with Crippen LogP contribution in [0.3, 0.4) is 0 Å². The molecule has 3 heterocycles. The van der Waals surface area contributed by atoms with Crippen LogP contribution in [0.25, 0.3) is 0 Å². The molecule has 0 saturated carbocycles. The highest BCUT2D eigenvalue weighted by atomic mass is 32.2. The van der Waals surface area contributed by atoms with Gasteiger partial charge in [0.15, 0.2) is 0 Å². The Morgan fingerprint density at radius 3 is 2.93 bits per heavy atom. The van der Waals surface area contributed by atoms with Crippen LogP contribution in [0, 0.1) is 0 Å². The summed E-state index contributed by atoms with van der Waals surface area (Å²) in [5.74, 6) is 2.50. The molecule has 0 amide bonds. The number of hydrogen-bond donors (Lipinski definition) is 1. The average molecular weight is 409 g/mol. The first kappa shape index (κ1) is 19.4. The third-order valence-electron chi connectivity index (χ3n) is 6.84. The van der Waals surface area contributed by atoms with Crippen molar-refractivity contribution in [2.24, 2.45) is 0 Å². The molecule has 1 aromatic carbocycles. The van der Waals surface area contributed by atoms with Crippen molar-refractivity contribution in [2.45, 2.75) is 44.3 Å². The molecule has 5 rings (SSSR count). The molecule has 5 heteroatoms. The van der Waals surface area contributed by atoms with Gasteiger partial charge in [0.05, 0.1) is 11.7 Å². The highest BCUT2D eigenvalue weighted by molar-refractivity contribution is 7.99. The lowest BCUT2D eigenvalue weighted by atomic mass is 9.89. The normalized spacial score (nSPS) is 24.3. The van der Waals surface area contributed by atoms with E-state index in [0.717, 1.165) is 19.5 Å². The van der Waals surface area contributed by atoms with E-state index in [4.69, 9.17) is 4.98 Å². The minimum absolute atomic E-state index is 0.456. The fourth-order valence-corrected chi connectivity index (χ4v) is 6.22. The first-order chi connectivity index (χ1) is 14.3. The molecular formula is C24H32N4S. The van der Waals surface area contributed by atoms with Crippen LogP contribution in [0.4, 0.5) is 5.69 Å². The smallest absolute Gasteiger partial charge is 0.0607 e. The number of rotatable bonds is 4. The lowest BCUT2D eigenvalue weighted by molar-refractivity contribution is 0.191. The zero-order chi connectivity index (χ0) is 19.6. The van der Waals surface area contributed by atoms with Gasteiger partial charge in [0.2, 0.25) is 0 Å². The first-order valence-corrected chi connectivity index (χ1v) is 12.3. The van der Waals surface area contributed by atoms with Crippen LogP contribution in [0.5, 0.6) is 0 Å². The van der Waals surface area contributed by atoms with E-state index >= 15 is 0 Å². The molecular weight excluding hydrogens is 376 g/mol. The topological polar surface area (TPSA) is 31.4 Å². The van der Waals surface area contributed by atoms with Gasteiger partial charge in [-0.05, 0) is 61.6 Å². The van der Waals surface area contributed by atoms with Gasteiger partial charge in [-0.2, -0.15) is 11.8 Å². The molecule has 0 bridgehead atoms. The van der Waals surface area contributed by atoms with Gasteiger partial charge in [-0.25, -0.2) is 0 Å². The van der Waals surface area contributed by atoms with Crippen LogP contribution in [-0.2, 0) is 19.4 Å². The number of aryl methyl sites for hydroxylation is 1. The Morgan fingerprint density at radius 2 is 2.03 bits per heavy atom. The molecule has 0 spiro atoms.